The maximum atomic E-state index is 13.5. The number of hydrogen-bond donors (Lipinski definition) is 2. The van der Waals surface area contributed by atoms with Gasteiger partial charge in [0.1, 0.15) is 11.4 Å². The van der Waals surface area contributed by atoms with Gasteiger partial charge in [-0.2, -0.15) is 5.10 Å². The highest BCUT2D eigenvalue weighted by molar-refractivity contribution is 5.94. The zero-order valence-electron chi connectivity index (χ0n) is 13.8. The second-order valence-electron chi connectivity index (χ2n) is 6.16. The summed E-state index contributed by atoms with van der Waals surface area (Å²) < 4.78 is 28.7. The molecule has 0 amide bonds. The molecule has 0 radical (unpaired) electrons. The number of phenolic OH excluding ortho intramolecular Hbond substituents is 1. The monoisotopic (exact) mass is 362 g/mol. The lowest BCUT2D eigenvalue weighted by atomic mass is 10.2. The van der Waals surface area contributed by atoms with Gasteiger partial charge in [-0.05, 0) is 30.3 Å². The summed E-state index contributed by atoms with van der Waals surface area (Å²) in [5, 5.41) is 15.0. The van der Waals surface area contributed by atoms with Crippen LogP contribution in [0, 0.1) is 11.6 Å². The molecule has 0 aliphatic carbocycles. The lowest BCUT2D eigenvalue weighted by molar-refractivity contribution is 0.475. The molecule has 2 aromatic heterocycles. The summed E-state index contributed by atoms with van der Waals surface area (Å²) >= 11 is 0. The second-order valence-corrected chi connectivity index (χ2v) is 6.16. The minimum Gasteiger partial charge on any atom is -0.508 e. The highest BCUT2D eigenvalue weighted by Crippen LogP contribution is 2.30. The number of imidazole rings is 1. The minimum atomic E-state index is -0.944. The topological polar surface area (TPSA) is 66.7 Å². The molecule has 0 saturated carbocycles. The van der Waals surface area contributed by atoms with Crippen LogP contribution in [0.15, 0.2) is 60.7 Å². The van der Waals surface area contributed by atoms with E-state index in [1.807, 2.05) is 24.3 Å². The summed E-state index contributed by atoms with van der Waals surface area (Å²) in [5.41, 5.74) is 2.90. The van der Waals surface area contributed by atoms with Crippen LogP contribution in [0.2, 0.25) is 0 Å². The van der Waals surface area contributed by atoms with E-state index in [1.165, 1.54) is 0 Å². The Morgan fingerprint density at radius 2 is 1.67 bits per heavy atom. The zero-order valence-corrected chi connectivity index (χ0v) is 13.8. The van der Waals surface area contributed by atoms with Crippen molar-refractivity contribution in [1.82, 2.24) is 19.7 Å². The number of benzene rings is 3. The third kappa shape index (κ3) is 2.43. The number of para-hydroxylation sites is 1. The molecule has 0 atom stereocenters. The number of aromatic hydroxyl groups is 1. The fourth-order valence-corrected chi connectivity index (χ4v) is 3.15. The van der Waals surface area contributed by atoms with Crippen molar-refractivity contribution in [2.75, 3.05) is 0 Å². The predicted molar refractivity (Wildman–Crippen MR) is 97.7 cm³/mol. The highest BCUT2D eigenvalue weighted by Gasteiger charge is 2.17. The van der Waals surface area contributed by atoms with E-state index >= 15 is 0 Å². The standard InChI is InChI=1S/C20H12F2N4O/c21-14-9-16-17(10-15(14)22)24-20(23-16)19-13-3-1-2-4-18(13)26(25-19)11-5-7-12(27)8-6-11/h1-10,27H,(H,23,24). The van der Waals surface area contributed by atoms with Crippen molar-refractivity contribution < 1.29 is 13.9 Å². The maximum Gasteiger partial charge on any atom is 0.161 e. The zero-order chi connectivity index (χ0) is 18.5. The Morgan fingerprint density at radius 1 is 0.926 bits per heavy atom. The first-order valence-electron chi connectivity index (χ1n) is 8.22. The van der Waals surface area contributed by atoms with Crippen LogP contribution in [0.4, 0.5) is 8.78 Å². The van der Waals surface area contributed by atoms with Gasteiger partial charge in [-0.25, -0.2) is 18.4 Å². The van der Waals surface area contributed by atoms with Crippen molar-refractivity contribution in [3.05, 3.63) is 72.3 Å². The van der Waals surface area contributed by atoms with Gasteiger partial charge >= 0.3 is 0 Å². The average Bonchev–Trinajstić information content (AvgIpc) is 3.24. The fraction of sp³-hybridized carbons (Fsp3) is 0. The van der Waals surface area contributed by atoms with Crippen molar-refractivity contribution in [1.29, 1.82) is 0 Å². The normalized spacial score (nSPS) is 11.5. The molecular formula is C20H12F2N4O. The Balaban J connectivity index is 1.75. The van der Waals surface area contributed by atoms with E-state index in [4.69, 9.17) is 0 Å². The number of nitrogens with zero attached hydrogens (tertiary/aromatic N) is 3. The van der Waals surface area contributed by atoms with E-state index in [0.717, 1.165) is 28.7 Å². The van der Waals surface area contributed by atoms with Crippen LogP contribution in [0.5, 0.6) is 5.75 Å². The molecule has 5 rings (SSSR count). The van der Waals surface area contributed by atoms with Gasteiger partial charge in [-0.3, -0.25) is 0 Å². The molecule has 0 aliphatic heterocycles. The van der Waals surface area contributed by atoms with E-state index in [2.05, 4.69) is 15.1 Å². The van der Waals surface area contributed by atoms with Crippen LogP contribution in [0.3, 0.4) is 0 Å². The van der Waals surface area contributed by atoms with Gasteiger partial charge in [0.25, 0.3) is 0 Å². The number of hydrogen-bond acceptors (Lipinski definition) is 3. The number of fused-ring (bicyclic) bond motifs is 2. The summed E-state index contributed by atoms with van der Waals surface area (Å²) in [6.45, 7) is 0. The predicted octanol–water partition coefficient (Wildman–Crippen LogP) is 4.55. The van der Waals surface area contributed by atoms with Crippen LogP contribution in [0.25, 0.3) is 39.1 Å². The molecule has 27 heavy (non-hydrogen) atoms. The summed E-state index contributed by atoms with van der Waals surface area (Å²) in [6.07, 6.45) is 0. The molecule has 5 nitrogen and oxygen atoms in total. The van der Waals surface area contributed by atoms with Crippen molar-refractivity contribution in [3.8, 4) is 23.0 Å². The second kappa shape index (κ2) is 5.63. The number of H-pyrrole nitrogens is 1. The highest BCUT2D eigenvalue weighted by atomic mass is 19.2. The molecule has 0 aliphatic rings. The molecule has 0 bridgehead atoms. The quantitative estimate of drug-likeness (QED) is 0.484. The Kier molecular flexibility index (Phi) is 3.24. The molecule has 7 heteroatoms. The molecule has 5 aromatic rings. The minimum absolute atomic E-state index is 0.164. The summed E-state index contributed by atoms with van der Waals surface area (Å²) in [6, 6.07) is 16.4. The third-order valence-electron chi connectivity index (χ3n) is 4.43. The van der Waals surface area contributed by atoms with E-state index in [9.17, 15) is 13.9 Å². The number of phenols is 1. The average molecular weight is 362 g/mol. The first kappa shape index (κ1) is 15.5. The van der Waals surface area contributed by atoms with Gasteiger partial charge in [0.15, 0.2) is 17.5 Å². The fourth-order valence-electron chi connectivity index (χ4n) is 3.15. The maximum absolute atomic E-state index is 13.5. The first-order chi connectivity index (χ1) is 13.1. The van der Waals surface area contributed by atoms with Gasteiger partial charge in [0, 0.05) is 17.5 Å². The Bertz CT molecular complexity index is 1270. The molecule has 132 valence electrons. The Hall–Kier alpha value is -3.74. The Labute approximate surface area is 151 Å². The Morgan fingerprint density at radius 3 is 2.48 bits per heavy atom. The van der Waals surface area contributed by atoms with E-state index in [1.54, 1.807) is 28.9 Å². The molecule has 0 unspecified atom stereocenters. The van der Waals surface area contributed by atoms with Crippen LogP contribution >= 0.6 is 0 Å². The van der Waals surface area contributed by atoms with Crippen molar-refractivity contribution in [2.45, 2.75) is 0 Å². The summed E-state index contributed by atoms with van der Waals surface area (Å²) in [4.78, 5) is 7.39. The van der Waals surface area contributed by atoms with Gasteiger partial charge in [-0.15, -0.1) is 0 Å². The molecule has 2 N–H and O–H groups in total. The molecule has 0 saturated heterocycles. The summed E-state index contributed by atoms with van der Waals surface area (Å²) in [5.74, 6) is -1.29. The van der Waals surface area contributed by atoms with Crippen LogP contribution in [-0.4, -0.2) is 24.9 Å². The SMILES string of the molecule is Oc1ccc(-n2nc(-c3nc4cc(F)c(F)cc4[nH]3)c3ccccc32)cc1. The molecule has 2 heterocycles. The van der Waals surface area contributed by atoms with Crippen molar-refractivity contribution in [3.63, 3.8) is 0 Å². The molecule has 3 aromatic carbocycles. The molecular weight excluding hydrogens is 350 g/mol. The van der Waals surface area contributed by atoms with Gasteiger partial charge in [0.05, 0.1) is 22.2 Å². The van der Waals surface area contributed by atoms with E-state index in [0.29, 0.717) is 22.6 Å². The van der Waals surface area contributed by atoms with E-state index in [-0.39, 0.29) is 5.75 Å². The lowest BCUT2D eigenvalue weighted by Crippen LogP contribution is -1.96. The third-order valence-corrected chi connectivity index (χ3v) is 4.43. The smallest absolute Gasteiger partial charge is 0.161 e. The van der Waals surface area contributed by atoms with Crippen LogP contribution in [0.1, 0.15) is 0 Å². The number of aromatic nitrogens is 4. The van der Waals surface area contributed by atoms with Crippen molar-refractivity contribution >= 4 is 21.9 Å². The van der Waals surface area contributed by atoms with Gasteiger partial charge in [-0.1, -0.05) is 18.2 Å². The lowest BCUT2D eigenvalue weighted by Gasteiger charge is -2.03. The van der Waals surface area contributed by atoms with Gasteiger partial charge < -0.3 is 10.1 Å². The summed E-state index contributed by atoms with van der Waals surface area (Å²) in [7, 11) is 0. The first-order valence-corrected chi connectivity index (χ1v) is 8.22. The van der Waals surface area contributed by atoms with Gasteiger partial charge in [0.2, 0.25) is 0 Å². The van der Waals surface area contributed by atoms with Crippen molar-refractivity contribution in [2.24, 2.45) is 0 Å². The van der Waals surface area contributed by atoms with Crippen LogP contribution in [-0.2, 0) is 0 Å². The largest absolute Gasteiger partial charge is 0.508 e. The number of rotatable bonds is 2. The molecule has 0 spiro atoms. The number of halogens is 2. The number of aromatic amines is 1. The van der Waals surface area contributed by atoms with Crippen LogP contribution < -0.4 is 0 Å². The number of nitrogens with one attached hydrogen (secondary N) is 1. The van der Waals surface area contributed by atoms with E-state index < -0.39 is 11.6 Å². The molecule has 0 fully saturated rings.